The first kappa shape index (κ1) is 14.7. The van der Waals surface area contributed by atoms with E-state index in [1.54, 1.807) is 0 Å². The smallest absolute Gasteiger partial charge is 0.225 e. The average molecular weight is 271 g/mol. The van der Waals surface area contributed by atoms with Crippen LogP contribution in [0, 0.1) is 5.92 Å². The molecule has 2 heterocycles. The first-order valence-electron chi connectivity index (χ1n) is 7.21. The molecule has 2 aliphatic heterocycles. The molecule has 2 saturated heterocycles. The minimum Gasteiger partial charge on any atom is -0.394 e. The molecular weight excluding hydrogens is 246 g/mol. The van der Waals surface area contributed by atoms with Crippen LogP contribution in [0.25, 0.3) is 0 Å². The molecule has 2 aliphatic rings. The van der Waals surface area contributed by atoms with E-state index < -0.39 is 0 Å². The largest absolute Gasteiger partial charge is 0.394 e. The van der Waals surface area contributed by atoms with Gasteiger partial charge in [0.2, 0.25) is 5.91 Å². The highest BCUT2D eigenvalue weighted by atomic mass is 16.5. The van der Waals surface area contributed by atoms with E-state index in [-0.39, 0.29) is 12.5 Å². The van der Waals surface area contributed by atoms with E-state index in [9.17, 15) is 4.79 Å². The van der Waals surface area contributed by atoms with E-state index in [0.717, 1.165) is 52.1 Å². The number of nitrogens with one attached hydrogen (secondary N) is 1. The Morgan fingerprint density at radius 2 is 1.89 bits per heavy atom. The number of piperazine rings is 1. The van der Waals surface area contributed by atoms with Gasteiger partial charge in [-0.3, -0.25) is 9.69 Å². The molecule has 1 amide bonds. The number of carbonyl (C=O) groups is 1. The van der Waals surface area contributed by atoms with E-state index in [4.69, 9.17) is 9.84 Å². The molecule has 0 radical (unpaired) electrons. The number of aliphatic hydroxyl groups is 1. The number of hydrogen-bond donors (Lipinski definition) is 2. The monoisotopic (exact) mass is 271 g/mol. The van der Waals surface area contributed by atoms with Crippen molar-refractivity contribution in [1.82, 2.24) is 15.1 Å². The van der Waals surface area contributed by atoms with Crippen LogP contribution >= 0.6 is 0 Å². The van der Waals surface area contributed by atoms with E-state index >= 15 is 0 Å². The standard InChI is InChI=1S/C13H25N3O3/c17-9-10-19-11-15-5-1-12(2-6-15)13(18)16-7-3-14-4-8-16/h12,14,17H,1-11H2. The van der Waals surface area contributed by atoms with Crippen LogP contribution in [0.3, 0.4) is 0 Å². The van der Waals surface area contributed by atoms with Crippen molar-refractivity contribution in [2.45, 2.75) is 12.8 Å². The predicted molar refractivity (Wildman–Crippen MR) is 71.7 cm³/mol. The molecule has 0 saturated carbocycles. The van der Waals surface area contributed by atoms with Crippen LogP contribution in [0.5, 0.6) is 0 Å². The van der Waals surface area contributed by atoms with Crippen LogP contribution in [-0.4, -0.2) is 80.0 Å². The van der Waals surface area contributed by atoms with Crippen molar-refractivity contribution in [3.8, 4) is 0 Å². The van der Waals surface area contributed by atoms with E-state index in [2.05, 4.69) is 10.2 Å². The fourth-order valence-electron chi connectivity index (χ4n) is 2.71. The average Bonchev–Trinajstić information content (AvgIpc) is 2.48. The summed E-state index contributed by atoms with van der Waals surface area (Å²) in [7, 11) is 0. The van der Waals surface area contributed by atoms with Gasteiger partial charge in [0.15, 0.2) is 0 Å². The van der Waals surface area contributed by atoms with E-state index in [1.165, 1.54) is 0 Å². The highest BCUT2D eigenvalue weighted by Gasteiger charge is 2.28. The topological polar surface area (TPSA) is 65.0 Å². The third-order valence-electron chi connectivity index (χ3n) is 3.87. The molecule has 6 heteroatoms. The Morgan fingerprint density at radius 3 is 2.53 bits per heavy atom. The summed E-state index contributed by atoms with van der Waals surface area (Å²) in [5, 5.41) is 11.9. The second-order valence-electron chi connectivity index (χ2n) is 5.23. The van der Waals surface area contributed by atoms with Crippen LogP contribution in [-0.2, 0) is 9.53 Å². The third-order valence-corrected chi connectivity index (χ3v) is 3.87. The summed E-state index contributed by atoms with van der Waals surface area (Å²) in [5.41, 5.74) is 0. The molecule has 19 heavy (non-hydrogen) atoms. The normalized spacial score (nSPS) is 22.7. The summed E-state index contributed by atoms with van der Waals surface area (Å²) in [6.45, 7) is 6.37. The van der Waals surface area contributed by atoms with Gasteiger partial charge in [0.25, 0.3) is 0 Å². The number of amides is 1. The lowest BCUT2D eigenvalue weighted by atomic mass is 9.95. The molecule has 0 aliphatic carbocycles. The van der Waals surface area contributed by atoms with Gasteiger partial charge in [0.05, 0.1) is 19.9 Å². The Balaban J connectivity index is 1.68. The summed E-state index contributed by atoms with van der Waals surface area (Å²) in [5.74, 6) is 0.518. The Hall–Kier alpha value is -0.690. The minimum absolute atomic E-state index is 0.0674. The fourth-order valence-corrected chi connectivity index (χ4v) is 2.71. The molecular formula is C13H25N3O3. The lowest BCUT2D eigenvalue weighted by Crippen LogP contribution is -2.50. The van der Waals surface area contributed by atoms with Gasteiger partial charge < -0.3 is 20.1 Å². The number of rotatable bonds is 5. The fraction of sp³-hybridized carbons (Fsp3) is 0.923. The van der Waals surface area contributed by atoms with Gasteiger partial charge in [-0.25, -0.2) is 0 Å². The van der Waals surface area contributed by atoms with Crippen molar-refractivity contribution in [3.63, 3.8) is 0 Å². The Kier molecular flexibility index (Phi) is 6.03. The lowest BCUT2D eigenvalue weighted by Gasteiger charge is -2.35. The summed E-state index contributed by atoms with van der Waals surface area (Å²) < 4.78 is 5.31. The Morgan fingerprint density at radius 1 is 1.21 bits per heavy atom. The van der Waals surface area contributed by atoms with Gasteiger partial charge in [0, 0.05) is 45.2 Å². The number of nitrogens with zero attached hydrogens (tertiary/aromatic N) is 2. The zero-order chi connectivity index (χ0) is 13.5. The highest BCUT2D eigenvalue weighted by molar-refractivity contribution is 5.79. The number of carbonyl (C=O) groups excluding carboxylic acids is 1. The molecule has 0 bridgehead atoms. The second kappa shape index (κ2) is 7.79. The number of likely N-dealkylation sites (tertiary alicyclic amines) is 1. The van der Waals surface area contributed by atoms with E-state index in [0.29, 0.717) is 19.2 Å². The zero-order valence-electron chi connectivity index (χ0n) is 11.5. The number of hydrogen-bond acceptors (Lipinski definition) is 5. The predicted octanol–water partition coefficient (Wildman–Crippen LogP) is -0.903. The van der Waals surface area contributed by atoms with E-state index in [1.807, 2.05) is 4.90 Å². The summed E-state index contributed by atoms with van der Waals surface area (Å²) in [6, 6.07) is 0. The molecule has 2 N–H and O–H groups in total. The molecule has 0 aromatic rings. The van der Waals surface area contributed by atoms with Crippen LogP contribution in [0.4, 0.5) is 0 Å². The van der Waals surface area contributed by atoms with Crippen molar-refractivity contribution < 1.29 is 14.6 Å². The Labute approximate surface area is 114 Å². The summed E-state index contributed by atoms with van der Waals surface area (Å²) in [6.07, 6.45) is 1.84. The molecule has 0 unspecified atom stereocenters. The van der Waals surface area contributed by atoms with Crippen molar-refractivity contribution in [1.29, 1.82) is 0 Å². The maximum atomic E-state index is 12.3. The SMILES string of the molecule is O=C(C1CCN(COCCO)CC1)N1CCNCC1. The molecule has 6 nitrogen and oxygen atoms in total. The second-order valence-corrected chi connectivity index (χ2v) is 5.23. The maximum absolute atomic E-state index is 12.3. The highest BCUT2D eigenvalue weighted by Crippen LogP contribution is 2.19. The molecule has 0 spiro atoms. The van der Waals surface area contributed by atoms with Gasteiger partial charge in [0.1, 0.15) is 0 Å². The first-order chi connectivity index (χ1) is 9.31. The molecule has 2 rings (SSSR count). The number of ether oxygens (including phenoxy) is 1. The van der Waals surface area contributed by atoms with Crippen LogP contribution in [0.2, 0.25) is 0 Å². The van der Waals surface area contributed by atoms with Gasteiger partial charge in [-0.1, -0.05) is 0 Å². The maximum Gasteiger partial charge on any atom is 0.225 e. The molecule has 0 aromatic carbocycles. The van der Waals surface area contributed by atoms with Crippen LogP contribution < -0.4 is 5.32 Å². The van der Waals surface area contributed by atoms with Gasteiger partial charge in [-0.05, 0) is 12.8 Å². The quantitative estimate of drug-likeness (QED) is 0.634. The van der Waals surface area contributed by atoms with Crippen molar-refractivity contribution in [2.75, 3.05) is 59.2 Å². The zero-order valence-corrected chi connectivity index (χ0v) is 11.5. The number of aliphatic hydroxyl groups excluding tert-OH is 1. The van der Waals surface area contributed by atoms with Gasteiger partial charge in [-0.15, -0.1) is 0 Å². The minimum atomic E-state index is 0.0674. The lowest BCUT2D eigenvalue weighted by molar-refractivity contribution is -0.138. The van der Waals surface area contributed by atoms with Gasteiger partial charge >= 0.3 is 0 Å². The van der Waals surface area contributed by atoms with Crippen LogP contribution in [0.15, 0.2) is 0 Å². The van der Waals surface area contributed by atoms with Gasteiger partial charge in [-0.2, -0.15) is 0 Å². The first-order valence-corrected chi connectivity index (χ1v) is 7.21. The molecule has 110 valence electrons. The Bertz CT molecular complexity index is 274. The summed E-state index contributed by atoms with van der Waals surface area (Å²) in [4.78, 5) is 16.5. The van der Waals surface area contributed by atoms with Crippen molar-refractivity contribution in [3.05, 3.63) is 0 Å². The molecule has 0 atom stereocenters. The van der Waals surface area contributed by atoms with Crippen LogP contribution in [0.1, 0.15) is 12.8 Å². The third kappa shape index (κ3) is 4.42. The number of piperidine rings is 1. The summed E-state index contributed by atoms with van der Waals surface area (Å²) >= 11 is 0. The molecule has 0 aromatic heterocycles. The van der Waals surface area contributed by atoms with Crippen molar-refractivity contribution >= 4 is 5.91 Å². The van der Waals surface area contributed by atoms with Crippen molar-refractivity contribution in [2.24, 2.45) is 5.92 Å². The molecule has 2 fully saturated rings.